The lowest BCUT2D eigenvalue weighted by molar-refractivity contribution is 0.172. The molecule has 0 amide bonds. The zero-order valence-corrected chi connectivity index (χ0v) is 18.5. The molecule has 6 nitrogen and oxygen atoms in total. The highest BCUT2D eigenvalue weighted by Crippen LogP contribution is 2.38. The summed E-state index contributed by atoms with van der Waals surface area (Å²) in [6.45, 7) is 4.27. The van der Waals surface area contributed by atoms with E-state index in [9.17, 15) is 4.39 Å². The van der Waals surface area contributed by atoms with Crippen molar-refractivity contribution in [2.45, 2.75) is 25.7 Å². The van der Waals surface area contributed by atoms with Crippen molar-refractivity contribution >= 4 is 11.5 Å². The Kier molecular flexibility index (Phi) is 5.06. The number of anilines is 1. The monoisotopic (exact) mass is 442 g/mol. The largest absolute Gasteiger partial charge is 0.355 e. The standard InChI is InChI=1S/C26H27FN6/c27-21-5-3-19(4-6-21)24-25(20-9-14-28-15-10-20)33-22(30-24)7-8-23(31-33)32-16-2-12-26(18-32)11-1-13-29-17-26/h3-10,14-15,29H,1-2,11-13,16-18H2. The van der Waals surface area contributed by atoms with E-state index < -0.39 is 0 Å². The maximum atomic E-state index is 13.6. The number of nitrogens with zero attached hydrogens (tertiary/aromatic N) is 5. The smallest absolute Gasteiger partial charge is 0.155 e. The van der Waals surface area contributed by atoms with E-state index in [0.29, 0.717) is 5.41 Å². The molecule has 1 N–H and O–H groups in total. The van der Waals surface area contributed by atoms with Crippen LogP contribution >= 0.6 is 0 Å². The van der Waals surface area contributed by atoms with Crippen molar-refractivity contribution in [1.82, 2.24) is 24.9 Å². The molecule has 2 aliphatic rings. The second-order valence-corrected chi connectivity index (χ2v) is 9.32. The summed E-state index contributed by atoms with van der Waals surface area (Å²) >= 11 is 0. The fourth-order valence-electron chi connectivity index (χ4n) is 5.45. The first kappa shape index (κ1) is 20.3. The summed E-state index contributed by atoms with van der Waals surface area (Å²) in [5, 5.41) is 8.69. The van der Waals surface area contributed by atoms with Crippen LogP contribution in [-0.4, -0.2) is 45.8 Å². The highest BCUT2D eigenvalue weighted by molar-refractivity contribution is 5.81. The van der Waals surface area contributed by atoms with E-state index in [-0.39, 0.29) is 5.82 Å². The second kappa shape index (κ2) is 8.23. The molecule has 0 saturated carbocycles. The molecule has 0 radical (unpaired) electrons. The lowest BCUT2D eigenvalue weighted by Gasteiger charge is -2.45. The number of fused-ring (bicyclic) bond motifs is 1. The lowest BCUT2D eigenvalue weighted by atomic mass is 9.74. The average molecular weight is 443 g/mol. The minimum Gasteiger partial charge on any atom is -0.355 e. The van der Waals surface area contributed by atoms with Gasteiger partial charge in [-0.25, -0.2) is 13.9 Å². The number of imidazole rings is 1. The van der Waals surface area contributed by atoms with Gasteiger partial charge in [-0.05, 0) is 80.8 Å². The summed E-state index contributed by atoms with van der Waals surface area (Å²) in [5.74, 6) is 0.718. The highest BCUT2D eigenvalue weighted by atomic mass is 19.1. The van der Waals surface area contributed by atoms with E-state index in [1.807, 2.05) is 22.7 Å². The van der Waals surface area contributed by atoms with Crippen molar-refractivity contribution in [3.63, 3.8) is 0 Å². The molecule has 1 atom stereocenters. The number of piperidine rings is 2. The molecule has 2 saturated heterocycles. The van der Waals surface area contributed by atoms with Crippen molar-refractivity contribution < 1.29 is 4.39 Å². The van der Waals surface area contributed by atoms with Crippen LogP contribution in [-0.2, 0) is 0 Å². The molecule has 1 spiro atoms. The van der Waals surface area contributed by atoms with E-state index >= 15 is 0 Å². The Morgan fingerprint density at radius 1 is 0.909 bits per heavy atom. The van der Waals surface area contributed by atoms with Crippen molar-refractivity contribution in [2.24, 2.45) is 5.41 Å². The lowest BCUT2D eigenvalue weighted by Crippen LogP contribution is -2.51. The Hall–Kier alpha value is -3.32. The molecule has 2 fully saturated rings. The van der Waals surface area contributed by atoms with Crippen molar-refractivity contribution in [1.29, 1.82) is 0 Å². The molecular weight excluding hydrogens is 415 g/mol. The maximum Gasteiger partial charge on any atom is 0.155 e. The number of nitrogens with one attached hydrogen (secondary N) is 1. The molecule has 1 aromatic carbocycles. The first-order valence-corrected chi connectivity index (χ1v) is 11.7. The Bertz CT molecular complexity index is 1260. The van der Waals surface area contributed by atoms with Gasteiger partial charge in [-0.1, -0.05) is 0 Å². The van der Waals surface area contributed by atoms with E-state index in [0.717, 1.165) is 60.2 Å². The predicted octanol–water partition coefficient (Wildman–Crippen LogP) is 4.57. The molecule has 3 aromatic heterocycles. The van der Waals surface area contributed by atoms with Gasteiger partial charge in [0, 0.05) is 48.6 Å². The van der Waals surface area contributed by atoms with Crippen LogP contribution in [0.4, 0.5) is 10.2 Å². The minimum absolute atomic E-state index is 0.260. The van der Waals surface area contributed by atoms with Gasteiger partial charge in [-0.2, -0.15) is 0 Å². The predicted molar refractivity (Wildman–Crippen MR) is 128 cm³/mol. The van der Waals surface area contributed by atoms with Gasteiger partial charge in [0.05, 0.1) is 5.69 Å². The van der Waals surface area contributed by atoms with E-state index in [1.54, 1.807) is 24.5 Å². The zero-order chi connectivity index (χ0) is 22.3. The van der Waals surface area contributed by atoms with Crippen LogP contribution in [0.3, 0.4) is 0 Å². The van der Waals surface area contributed by atoms with Crippen LogP contribution in [0.5, 0.6) is 0 Å². The fourth-order valence-corrected chi connectivity index (χ4v) is 5.45. The van der Waals surface area contributed by atoms with Gasteiger partial charge >= 0.3 is 0 Å². The third kappa shape index (κ3) is 3.76. The quantitative estimate of drug-likeness (QED) is 0.504. The van der Waals surface area contributed by atoms with Gasteiger partial charge in [0.2, 0.25) is 0 Å². The molecule has 1 unspecified atom stereocenters. The molecular formula is C26H27FN6. The number of benzene rings is 1. The summed E-state index contributed by atoms with van der Waals surface area (Å²) in [6.07, 6.45) is 8.54. The van der Waals surface area contributed by atoms with E-state index in [4.69, 9.17) is 10.1 Å². The van der Waals surface area contributed by atoms with Crippen molar-refractivity contribution in [3.8, 4) is 22.5 Å². The molecule has 4 aromatic rings. The molecule has 6 rings (SSSR count). The van der Waals surface area contributed by atoms with Crippen LogP contribution < -0.4 is 10.2 Å². The Labute approximate surface area is 192 Å². The van der Waals surface area contributed by atoms with Crippen molar-refractivity contribution in [3.05, 3.63) is 66.7 Å². The zero-order valence-electron chi connectivity index (χ0n) is 18.5. The van der Waals surface area contributed by atoms with Crippen LogP contribution in [0, 0.1) is 11.2 Å². The molecule has 33 heavy (non-hydrogen) atoms. The molecule has 0 bridgehead atoms. The highest BCUT2D eigenvalue weighted by Gasteiger charge is 2.37. The Morgan fingerprint density at radius 2 is 1.73 bits per heavy atom. The maximum absolute atomic E-state index is 13.6. The normalized spacial score (nSPS) is 21.1. The summed E-state index contributed by atoms with van der Waals surface area (Å²) in [7, 11) is 0. The molecule has 0 aliphatic carbocycles. The van der Waals surface area contributed by atoms with Gasteiger partial charge in [-0.3, -0.25) is 4.98 Å². The third-order valence-corrected chi connectivity index (χ3v) is 7.08. The third-order valence-electron chi connectivity index (χ3n) is 7.08. The summed E-state index contributed by atoms with van der Waals surface area (Å²) in [6, 6.07) is 14.5. The minimum atomic E-state index is -0.260. The first-order chi connectivity index (χ1) is 16.2. The summed E-state index contributed by atoms with van der Waals surface area (Å²) < 4.78 is 15.5. The number of hydrogen-bond donors (Lipinski definition) is 1. The first-order valence-electron chi connectivity index (χ1n) is 11.7. The number of aromatic nitrogens is 4. The summed E-state index contributed by atoms with van der Waals surface area (Å²) in [5.41, 5.74) is 4.64. The van der Waals surface area contributed by atoms with Crippen LogP contribution in [0.25, 0.3) is 28.2 Å². The topological polar surface area (TPSA) is 58.4 Å². The average Bonchev–Trinajstić information content (AvgIpc) is 3.24. The number of rotatable bonds is 3. The molecule has 2 aliphatic heterocycles. The fraction of sp³-hybridized carbons (Fsp3) is 0.346. The van der Waals surface area contributed by atoms with Gasteiger partial charge in [-0.15, -0.1) is 5.10 Å². The summed E-state index contributed by atoms with van der Waals surface area (Å²) in [4.78, 5) is 11.5. The van der Waals surface area contributed by atoms with E-state index in [2.05, 4.69) is 21.3 Å². The van der Waals surface area contributed by atoms with Gasteiger partial charge in [0.15, 0.2) is 5.65 Å². The van der Waals surface area contributed by atoms with Crippen molar-refractivity contribution in [2.75, 3.05) is 31.1 Å². The second-order valence-electron chi connectivity index (χ2n) is 9.32. The molecule has 5 heterocycles. The van der Waals surface area contributed by atoms with Gasteiger partial charge < -0.3 is 10.2 Å². The molecule has 7 heteroatoms. The Morgan fingerprint density at radius 3 is 2.52 bits per heavy atom. The SMILES string of the molecule is Fc1ccc(-c2nc3ccc(N4CCCC5(CCCNC5)C4)nn3c2-c2ccncc2)cc1. The van der Waals surface area contributed by atoms with Gasteiger partial charge in [0.25, 0.3) is 0 Å². The number of halogens is 1. The van der Waals surface area contributed by atoms with E-state index in [1.165, 1.54) is 37.8 Å². The van der Waals surface area contributed by atoms with Gasteiger partial charge in [0.1, 0.15) is 17.3 Å². The van der Waals surface area contributed by atoms with Crippen LogP contribution in [0.2, 0.25) is 0 Å². The van der Waals surface area contributed by atoms with Crippen LogP contribution in [0.15, 0.2) is 60.9 Å². The molecule has 168 valence electrons. The number of pyridine rings is 1. The Balaban J connectivity index is 1.45. The number of hydrogen-bond acceptors (Lipinski definition) is 5. The van der Waals surface area contributed by atoms with Crippen LogP contribution in [0.1, 0.15) is 25.7 Å².